The van der Waals surface area contributed by atoms with Crippen LogP contribution in [0.4, 0.5) is 14.6 Å². The lowest BCUT2D eigenvalue weighted by molar-refractivity contribution is -0.389. The lowest BCUT2D eigenvalue weighted by Gasteiger charge is -2.04. The summed E-state index contributed by atoms with van der Waals surface area (Å²) in [5.41, 5.74) is -1.70. The van der Waals surface area contributed by atoms with Crippen LogP contribution in [-0.2, 0) is 0 Å². The quantitative estimate of drug-likeness (QED) is 0.634. The first kappa shape index (κ1) is 12.0. The van der Waals surface area contributed by atoms with Crippen LogP contribution in [0.3, 0.4) is 0 Å². The van der Waals surface area contributed by atoms with Crippen molar-refractivity contribution < 1.29 is 23.6 Å². The Morgan fingerprint density at radius 1 is 1.62 bits per heavy atom. The van der Waals surface area contributed by atoms with E-state index < -0.39 is 34.4 Å². The van der Waals surface area contributed by atoms with Crippen LogP contribution < -0.4 is 0 Å². The molecular formula is C8H6F2N2O4. The molecule has 0 aromatic carbocycles. The van der Waals surface area contributed by atoms with Crippen molar-refractivity contribution in [3.8, 4) is 0 Å². The topological polar surface area (TPSA) is 93.3 Å². The Balaban J connectivity index is 3.51. The fourth-order valence-corrected chi connectivity index (χ4v) is 1.14. The average molecular weight is 232 g/mol. The van der Waals surface area contributed by atoms with Gasteiger partial charge in [-0.3, -0.25) is 0 Å². The van der Waals surface area contributed by atoms with Gasteiger partial charge in [-0.15, -0.1) is 0 Å². The Hall–Kier alpha value is -2.12. The van der Waals surface area contributed by atoms with Crippen LogP contribution in [0.5, 0.6) is 0 Å². The second-order valence-electron chi connectivity index (χ2n) is 2.91. The molecule has 16 heavy (non-hydrogen) atoms. The lowest BCUT2D eigenvalue weighted by atomic mass is 10.1. The van der Waals surface area contributed by atoms with E-state index in [0.29, 0.717) is 6.07 Å². The zero-order chi connectivity index (χ0) is 12.5. The molecule has 0 aliphatic rings. The highest BCUT2D eigenvalue weighted by Crippen LogP contribution is 2.27. The molecule has 1 aromatic rings. The lowest BCUT2D eigenvalue weighted by Crippen LogP contribution is -2.09. The van der Waals surface area contributed by atoms with Gasteiger partial charge in [-0.05, 0) is 16.8 Å². The standard InChI is InChI=1S/C8H6F2N2O4/c1-3-4(7(9)10)2-5(12(15)16)11-6(3)8(13)14/h2,7H,1H3,(H,13,14). The van der Waals surface area contributed by atoms with Gasteiger partial charge in [0.15, 0.2) is 0 Å². The molecule has 0 bridgehead atoms. The summed E-state index contributed by atoms with van der Waals surface area (Å²) in [6.45, 7) is 1.13. The Bertz CT molecular complexity index is 462. The number of aromatic carboxylic acids is 1. The molecule has 1 heterocycles. The van der Waals surface area contributed by atoms with Crippen LogP contribution in [0, 0.1) is 17.0 Å². The predicted octanol–water partition coefficient (Wildman–Crippen LogP) is 1.93. The van der Waals surface area contributed by atoms with Crippen LogP contribution in [0.1, 0.15) is 28.0 Å². The zero-order valence-electron chi connectivity index (χ0n) is 7.98. The summed E-state index contributed by atoms with van der Waals surface area (Å²) in [7, 11) is 0. The molecule has 0 aliphatic heterocycles. The van der Waals surface area contributed by atoms with E-state index in [4.69, 9.17) is 5.11 Å². The van der Waals surface area contributed by atoms with Crippen LogP contribution in [0.15, 0.2) is 6.07 Å². The molecule has 0 fully saturated rings. The minimum absolute atomic E-state index is 0.270. The fourth-order valence-electron chi connectivity index (χ4n) is 1.14. The predicted molar refractivity (Wildman–Crippen MR) is 47.5 cm³/mol. The van der Waals surface area contributed by atoms with Crippen molar-refractivity contribution in [2.24, 2.45) is 0 Å². The number of carboxylic acids is 1. The first-order valence-electron chi connectivity index (χ1n) is 4.02. The third kappa shape index (κ3) is 2.10. The Kier molecular flexibility index (Phi) is 3.11. The van der Waals surface area contributed by atoms with E-state index in [2.05, 4.69) is 4.98 Å². The van der Waals surface area contributed by atoms with Gasteiger partial charge in [-0.25, -0.2) is 13.6 Å². The van der Waals surface area contributed by atoms with Crippen molar-refractivity contribution in [3.05, 3.63) is 33.0 Å². The number of alkyl halides is 2. The smallest absolute Gasteiger partial charge is 0.380 e. The summed E-state index contributed by atoms with van der Waals surface area (Å²) in [4.78, 5) is 23.2. The van der Waals surface area contributed by atoms with Crippen molar-refractivity contribution in [2.45, 2.75) is 13.3 Å². The van der Waals surface area contributed by atoms with Gasteiger partial charge >= 0.3 is 11.8 Å². The number of rotatable bonds is 3. The zero-order valence-corrected chi connectivity index (χ0v) is 7.98. The molecule has 0 atom stereocenters. The van der Waals surface area contributed by atoms with Crippen molar-refractivity contribution in [1.82, 2.24) is 4.98 Å². The molecule has 8 heteroatoms. The number of carbonyl (C=O) groups is 1. The number of hydrogen-bond donors (Lipinski definition) is 1. The summed E-state index contributed by atoms with van der Waals surface area (Å²) in [5, 5.41) is 19.0. The maximum atomic E-state index is 12.5. The molecule has 0 saturated carbocycles. The molecule has 86 valence electrons. The summed E-state index contributed by atoms with van der Waals surface area (Å²) < 4.78 is 24.9. The third-order valence-electron chi connectivity index (χ3n) is 1.92. The number of pyridine rings is 1. The summed E-state index contributed by atoms with van der Waals surface area (Å²) in [6, 6.07) is 0.576. The van der Waals surface area contributed by atoms with Crippen LogP contribution >= 0.6 is 0 Å². The second kappa shape index (κ2) is 4.17. The Morgan fingerprint density at radius 2 is 2.19 bits per heavy atom. The van der Waals surface area contributed by atoms with E-state index in [1.165, 1.54) is 0 Å². The van der Waals surface area contributed by atoms with Gasteiger partial charge in [0.2, 0.25) is 0 Å². The first-order valence-corrected chi connectivity index (χ1v) is 4.02. The minimum Gasteiger partial charge on any atom is -0.475 e. The number of nitrogens with zero attached hydrogens (tertiary/aromatic N) is 2. The Morgan fingerprint density at radius 3 is 2.56 bits per heavy atom. The third-order valence-corrected chi connectivity index (χ3v) is 1.92. The fraction of sp³-hybridized carbons (Fsp3) is 0.250. The molecule has 1 N–H and O–H groups in total. The number of halogens is 2. The van der Waals surface area contributed by atoms with Gasteiger partial charge in [0.25, 0.3) is 12.1 Å². The van der Waals surface area contributed by atoms with Gasteiger partial charge in [-0.2, -0.15) is 0 Å². The molecule has 0 radical (unpaired) electrons. The molecule has 0 spiro atoms. The second-order valence-corrected chi connectivity index (χ2v) is 2.91. The van der Waals surface area contributed by atoms with Crippen LogP contribution in [-0.4, -0.2) is 21.0 Å². The van der Waals surface area contributed by atoms with Crippen LogP contribution in [0.25, 0.3) is 0 Å². The van der Waals surface area contributed by atoms with Gasteiger partial charge in [0.1, 0.15) is 0 Å². The molecular weight excluding hydrogens is 226 g/mol. The van der Waals surface area contributed by atoms with E-state index in [-0.39, 0.29) is 5.56 Å². The largest absolute Gasteiger partial charge is 0.475 e. The van der Waals surface area contributed by atoms with Gasteiger partial charge in [0.05, 0.1) is 0 Å². The molecule has 0 amide bonds. The maximum absolute atomic E-state index is 12.5. The van der Waals surface area contributed by atoms with E-state index in [0.717, 1.165) is 6.92 Å². The summed E-state index contributed by atoms with van der Waals surface area (Å²) >= 11 is 0. The first-order chi connectivity index (χ1) is 7.34. The van der Waals surface area contributed by atoms with Crippen molar-refractivity contribution >= 4 is 11.8 Å². The number of aromatic nitrogens is 1. The summed E-state index contributed by atoms with van der Waals surface area (Å²) in [6.07, 6.45) is -2.99. The maximum Gasteiger partial charge on any atom is 0.380 e. The van der Waals surface area contributed by atoms with Crippen molar-refractivity contribution in [3.63, 3.8) is 0 Å². The molecule has 6 nitrogen and oxygen atoms in total. The normalized spacial score (nSPS) is 10.5. The highest BCUT2D eigenvalue weighted by Gasteiger charge is 2.26. The molecule has 0 aliphatic carbocycles. The van der Waals surface area contributed by atoms with Gasteiger partial charge in [-0.1, -0.05) is 0 Å². The molecule has 0 unspecified atom stereocenters. The van der Waals surface area contributed by atoms with Crippen LogP contribution in [0.2, 0.25) is 0 Å². The minimum atomic E-state index is -2.99. The molecule has 1 rings (SSSR count). The number of hydrogen-bond acceptors (Lipinski definition) is 4. The van der Waals surface area contributed by atoms with E-state index >= 15 is 0 Å². The van der Waals surface area contributed by atoms with E-state index in [1.807, 2.05) is 0 Å². The van der Waals surface area contributed by atoms with Crippen molar-refractivity contribution in [1.29, 1.82) is 0 Å². The molecule has 1 aromatic heterocycles. The highest BCUT2D eigenvalue weighted by molar-refractivity contribution is 5.87. The number of nitro groups is 1. The number of carboxylic acid groups (broad SMARTS) is 1. The van der Waals surface area contributed by atoms with E-state index in [1.54, 1.807) is 0 Å². The molecule has 0 saturated heterocycles. The SMILES string of the molecule is Cc1c(C(F)F)cc([N+](=O)[O-])nc1C(=O)O. The van der Waals surface area contributed by atoms with Crippen molar-refractivity contribution in [2.75, 3.05) is 0 Å². The van der Waals surface area contributed by atoms with Gasteiger partial charge < -0.3 is 15.2 Å². The average Bonchev–Trinajstić information content (AvgIpc) is 2.16. The van der Waals surface area contributed by atoms with Gasteiger partial charge in [0, 0.05) is 17.2 Å². The highest BCUT2D eigenvalue weighted by atomic mass is 19.3. The van der Waals surface area contributed by atoms with E-state index in [9.17, 15) is 23.7 Å². The Labute approximate surface area is 87.7 Å². The summed E-state index contributed by atoms with van der Waals surface area (Å²) in [5.74, 6) is -2.48. The monoisotopic (exact) mass is 232 g/mol.